The number of hydrogen-bond acceptors (Lipinski definition) is 4. The molecule has 0 aliphatic carbocycles. The molecule has 2 aliphatic heterocycles. The van der Waals surface area contributed by atoms with Crippen molar-refractivity contribution in [1.29, 1.82) is 0 Å². The Balaban J connectivity index is 1.69. The molecule has 2 atom stereocenters. The van der Waals surface area contributed by atoms with Crippen LogP contribution in [-0.2, 0) is 14.3 Å². The van der Waals surface area contributed by atoms with Gasteiger partial charge < -0.3 is 19.7 Å². The second-order valence-electron chi connectivity index (χ2n) is 5.99. The topological polar surface area (TPSA) is 67.9 Å². The third-order valence-corrected chi connectivity index (χ3v) is 4.23. The average molecular weight is 318 g/mol. The summed E-state index contributed by atoms with van der Waals surface area (Å²) < 4.78 is 10.7. The largest absolute Gasteiger partial charge is 0.377 e. The van der Waals surface area contributed by atoms with Gasteiger partial charge in [-0.25, -0.2) is 0 Å². The van der Waals surface area contributed by atoms with E-state index in [0.717, 1.165) is 12.8 Å². The van der Waals surface area contributed by atoms with E-state index in [4.69, 9.17) is 9.47 Å². The Kier molecular flexibility index (Phi) is 4.93. The molecule has 23 heavy (non-hydrogen) atoms. The zero-order valence-corrected chi connectivity index (χ0v) is 13.3. The predicted molar refractivity (Wildman–Crippen MR) is 85.4 cm³/mol. The Morgan fingerprint density at radius 2 is 2.17 bits per heavy atom. The van der Waals surface area contributed by atoms with Gasteiger partial charge in [0.25, 0.3) is 11.8 Å². The van der Waals surface area contributed by atoms with E-state index in [2.05, 4.69) is 5.32 Å². The standard InChI is InChI=1S/C17H22N2O4/c1-12-11-22-9-7-19(12)17(21)13-4-2-5-14(10-13)18-16(20)15-6-3-8-23-15/h2,4-5,10,12,15H,3,6-9,11H2,1H3,(H,18,20). The highest BCUT2D eigenvalue weighted by atomic mass is 16.5. The maximum atomic E-state index is 12.6. The Morgan fingerprint density at radius 1 is 1.30 bits per heavy atom. The van der Waals surface area contributed by atoms with Crippen LogP contribution < -0.4 is 5.32 Å². The van der Waals surface area contributed by atoms with Crippen LogP contribution in [0.1, 0.15) is 30.1 Å². The molecular weight excluding hydrogens is 296 g/mol. The Hall–Kier alpha value is -1.92. The third kappa shape index (κ3) is 3.71. The van der Waals surface area contributed by atoms with Crippen LogP contribution in [0.5, 0.6) is 0 Å². The molecule has 2 saturated heterocycles. The van der Waals surface area contributed by atoms with Crippen LogP contribution in [0.3, 0.4) is 0 Å². The molecule has 2 amide bonds. The molecule has 0 aromatic heterocycles. The number of hydrogen-bond donors (Lipinski definition) is 1. The molecule has 2 fully saturated rings. The van der Waals surface area contributed by atoms with Gasteiger partial charge in [0.2, 0.25) is 0 Å². The fourth-order valence-electron chi connectivity index (χ4n) is 2.93. The molecule has 0 bridgehead atoms. The van der Waals surface area contributed by atoms with Crippen LogP contribution in [0.4, 0.5) is 5.69 Å². The van der Waals surface area contributed by atoms with Gasteiger partial charge in [0.1, 0.15) is 6.10 Å². The lowest BCUT2D eigenvalue weighted by atomic mass is 10.1. The molecule has 2 heterocycles. The van der Waals surface area contributed by atoms with Gasteiger partial charge in [0, 0.05) is 24.4 Å². The maximum Gasteiger partial charge on any atom is 0.254 e. The number of anilines is 1. The molecular formula is C17H22N2O4. The van der Waals surface area contributed by atoms with Gasteiger partial charge in [-0.1, -0.05) is 6.07 Å². The summed E-state index contributed by atoms with van der Waals surface area (Å²) in [5.41, 5.74) is 1.20. The number of carbonyl (C=O) groups is 2. The number of nitrogens with zero attached hydrogens (tertiary/aromatic N) is 1. The minimum atomic E-state index is -0.381. The summed E-state index contributed by atoms with van der Waals surface area (Å²) in [4.78, 5) is 26.5. The number of amides is 2. The van der Waals surface area contributed by atoms with Gasteiger partial charge in [-0.3, -0.25) is 9.59 Å². The summed E-state index contributed by atoms with van der Waals surface area (Å²) in [6, 6.07) is 7.11. The van der Waals surface area contributed by atoms with E-state index in [1.807, 2.05) is 11.8 Å². The summed E-state index contributed by atoms with van der Waals surface area (Å²) in [7, 11) is 0. The van der Waals surface area contributed by atoms with Crippen molar-refractivity contribution in [2.24, 2.45) is 0 Å². The molecule has 124 valence electrons. The molecule has 0 radical (unpaired) electrons. The first-order chi connectivity index (χ1) is 11.1. The second-order valence-corrected chi connectivity index (χ2v) is 5.99. The van der Waals surface area contributed by atoms with Crippen molar-refractivity contribution in [2.45, 2.75) is 31.9 Å². The summed E-state index contributed by atoms with van der Waals surface area (Å²) in [6.45, 7) is 4.31. The van der Waals surface area contributed by atoms with E-state index in [0.29, 0.717) is 37.6 Å². The van der Waals surface area contributed by atoms with Crippen molar-refractivity contribution in [2.75, 3.05) is 31.7 Å². The fraction of sp³-hybridized carbons (Fsp3) is 0.529. The number of morpholine rings is 1. The number of ether oxygens (including phenoxy) is 2. The lowest BCUT2D eigenvalue weighted by Gasteiger charge is -2.33. The van der Waals surface area contributed by atoms with E-state index < -0.39 is 0 Å². The number of carbonyl (C=O) groups excluding carboxylic acids is 2. The third-order valence-electron chi connectivity index (χ3n) is 4.23. The molecule has 0 spiro atoms. The van der Waals surface area contributed by atoms with Gasteiger partial charge in [-0.15, -0.1) is 0 Å². The van der Waals surface area contributed by atoms with Crippen LogP contribution >= 0.6 is 0 Å². The highest BCUT2D eigenvalue weighted by molar-refractivity contribution is 5.98. The van der Waals surface area contributed by atoms with Crippen LogP contribution in [0.25, 0.3) is 0 Å². The van der Waals surface area contributed by atoms with E-state index >= 15 is 0 Å². The monoisotopic (exact) mass is 318 g/mol. The number of rotatable bonds is 3. The highest BCUT2D eigenvalue weighted by Gasteiger charge is 2.26. The summed E-state index contributed by atoms with van der Waals surface area (Å²) in [6.07, 6.45) is 1.27. The molecule has 1 N–H and O–H groups in total. The number of benzene rings is 1. The first kappa shape index (κ1) is 16.0. The predicted octanol–water partition coefficient (Wildman–Crippen LogP) is 1.66. The smallest absolute Gasteiger partial charge is 0.254 e. The fourth-order valence-corrected chi connectivity index (χ4v) is 2.93. The van der Waals surface area contributed by atoms with Crippen LogP contribution in [0.2, 0.25) is 0 Å². The normalized spacial score (nSPS) is 24.5. The summed E-state index contributed by atoms with van der Waals surface area (Å²) in [5.74, 6) is -0.180. The first-order valence-electron chi connectivity index (χ1n) is 8.06. The summed E-state index contributed by atoms with van der Waals surface area (Å²) >= 11 is 0. The van der Waals surface area contributed by atoms with Crippen molar-refractivity contribution in [3.63, 3.8) is 0 Å². The van der Waals surface area contributed by atoms with E-state index in [-0.39, 0.29) is 24.0 Å². The molecule has 6 nitrogen and oxygen atoms in total. The van der Waals surface area contributed by atoms with Gasteiger partial charge in [-0.05, 0) is 38.0 Å². The Bertz CT molecular complexity index is 584. The van der Waals surface area contributed by atoms with E-state index in [1.165, 1.54) is 0 Å². The molecule has 2 aliphatic rings. The van der Waals surface area contributed by atoms with Crippen molar-refractivity contribution in [3.8, 4) is 0 Å². The lowest BCUT2D eigenvalue weighted by molar-refractivity contribution is -0.124. The van der Waals surface area contributed by atoms with Crippen molar-refractivity contribution >= 4 is 17.5 Å². The van der Waals surface area contributed by atoms with Gasteiger partial charge >= 0.3 is 0 Å². The molecule has 0 saturated carbocycles. The van der Waals surface area contributed by atoms with Gasteiger partial charge in [0.15, 0.2) is 0 Å². The average Bonchev–Trinajstić information content (AvgIpc) is 3.09. The Labute approximate surface area is 135 Å². The lowest BCUT2D eigenvalue weighted by Crippen LogP contribution is -2.47. The van der Waals surface area contributed by atoms with Crippen molar-refractivity contribution in [3.05, 3.63) is 29.8 Å². The number of nitrogens with one attached hydrogen (secondary N) is 1. The van der Waals surface area contributed by atoms with Crippen LogP contribution in [0, 0.1) is 0 Å². The zero-order valence-electron chi connectivity index (χ0n) is 13.3. The van der Waals surface area contributed by atoms with E-state index in [9.17, 15) is 9.59 Å². The van der Waals surface area contributed by atoms with Crippen molar-refractivity contribution < 1.29 is 19.1 Å². The quantitative estimate of drug-likeness (QED) is 0.920. The first-order valence-corrected chi connectivity index (χ1v) is 8.06. The highest BCUT2D eigenvalue weighted by Crippen LogP contribution is 2.18. The second kappa shape index (κ2) is 7.10. The molecule has 3 rings (SSSR count). The van der Waals surface area contributed by atoms with Gasteiger partial charge in [-0.2, -0.15) is 0 Å². The van der Waals surface area contributed by atoms with Crippen LogP contribution in [-0.4, -0.2) is 55.2 Å². The molecule has 2 unspecified atom stereocenters. The molecule has 6 heteroatoms. The van der Waals surface area contributed by atoms with E-state index in [1.54, 1.807) is 24.3 Å². The molecule has 1 aromatic rings. The minimum absolute atomic E-state index is 0.0333. The minimum Gasteiger partial charge on any atom is -0.377 e. The maximum absolute atomic E-state index is 12.6. The zero-order chi connectivity index (χ0) is 16.2. The summed E-state index contributed by atoms with van der Waals surface area (Å²) in [5, 5.41) is 2.83. The molecule has 1 aromatic carbocycles. The van der Waals surface area contributed by atoms with Crippen molar-refractivity contribution in [1.82, 2.24) is 4.90 Å². The SMILES string of the molecule is CC1COCCN1C(=O)c1cccc(NC(=O)C2CCCO2)c1. The Morgan fingerprint density at radius 3 is 2.91 bits per heavy atom. The van der Waals surface area contributed by atoms with Crippen LogP contribution in [0.15, 0.2) is 24.3 Å². The van der Waals surface area contributed by atoms with Gasteiger partial charge in [0.05, 0.1) is 19.3 Å².